The number of likely N-dealkylation sites (tertiary alicyclic amines) is 1. The number of nitrogens with zero attached hydrogens (tertiary/aromatic N) is 1. The summed E-state index contributed by atoms with van der Waals surface area (Å²) in [5.41, 5.74) is 0.274. The SMILES string of the molecule is CCCC(=O)NC1CCCN(C(=O)c2ccc(OC)c(S(=O)(=O)NC(C)C)c2)C1. The van der Waals surface area contributed by atoms with Crippen molar-refractivity contribution in [3.8, 4) is 5.75 Å². The predicted octanol–water partition coefficient (Wildman–Crippen LogP) is 1.90. The molecule has 2 rings (SSSR count). The van der Waals surface area contributed by atoms with Crippen LogP contribution in [0.25, 0.3) is 0 Å². The van der Waals surface area contributed by atoms with E-state index in [4.69, 9.17) is 4.74 Å². The van der Waals surface area contributed by atoms with Crippen molar-refractivity contribution in [1.29, 1.82) is 0 Å². The van der Waals surface area contributed by atoms with Crippen LogP contribution in [-0.2, 0) is 14.8 Å². The molecule has 1 aromatic carbocycles. The van der Waals surface area contributed by atoms with Crippen molar-refractivity contribution in [3.05, 3.63) is 23.8 Å². The molecule has 0 radical (unpaired) electrons. The molecular weight excluding hydrogens is 394 g/mol. The fourth-order valence-electron chi connectivity index (χ4n) is 3.38. The number of piperidine rings is 1. The number of sulfonamides is 1. The maximum atomic E-state index is 13.0. The number of ether oxygens (including phenoxy) is 1. The maximum Gasteiger partial charge on any atom is 0.253 e. The van der Waals surface area contributed by atoms with Gasteiger partial charge in [-0.1, -0.05) is 6.92 Å². The summed E-state index contributed by atoms with van der Waals surface area (Å²) in [5.74, 6) is -0.0921. The van der Waals surface area contributed by atoms with Gasteiger partial charge in [0.1, 0.15) is 10.6 Å². The molecule has 2 N–H and O–H groups in total. The summed E-state index contributed by atoms with van der Waals surface area (Å²) in [5, 5.41) is 2.97. The van der Waals surface area contributed by atoms with Gasteiger partial charge in [0.25, 0.3) is 5.91 Å². The van der Waals surface area contributed by atoms with Gasteiger partial charge in [0.2, 0.25) is 15.9 Å². The van der Waals surface area contributed by atoms with E-state index < -0.39 is 10.0 Å². The molecule has 1 aromatic rings. The first-order chi connectivity index (χ1) is 13.7. The highest BCUT2D eigenvalue weighted by atomic mass is 32.2. The summed E-state index contributed by atoms with van der Waals surface area (Å²) in [7, 11) is -2.44. The second kappa shape index (κ2) is 10.1. The average molecular weight is 426 g/mol. The summed E-state index contributed by atoms with van der Waals surface area (Å²) in [4.78, 5) is 26.5. The van der Waals surface area contributed by atoms with Crippen molar-refractivity contribution in [2.45, 2.75) is 63.4 Å². The van der Waals surface area contributed by atoms with Gasteiger partial charge < -0.3 is 15.0 Å². The summed E-state index contributed by atoms with van der Waals surface area (Å²) < 4.78 is 33.0. The lowest BCUT2D eigenvalue weighted by atomic mass is 10.0. The molecular formula is C20H31N3O5S. The molecule has 1 aliphatic rings. The van der Waals surface area contributed by atoms with E-state index in [-0.39, 0.29) is 40.1 Å². The van der Waals surface area contributed by atoms with Crippen molar-refractivity contribution in [2.75, 3.05) is 20.2 Å². The highest BCUT2D eigenvalue weighted by Crippen LogP contribution is 2.26. The number of benzene rings is 1. The van der Waals surface area contributed by atoms with E-state index in [0.29, 0.717) is 19.5 Å². The van der Waals surface area contributed by atoms with Crippen LogP contribution in [0.3, 0.4) is 0 Å². The van der Waals surface area contributed by atoms with Crippen LogP contribution in [0.1, 0.15) is 56.8 Å². The third-order valence-electron chi connectivity index (χ3n) is 4.64. The predicted molar refractivity (Wildman–Crippen MR) is 110 cm³/mol. The van der Waals surface area contributed by atoms with Crippen LogP contribution in [0.2, 0.25) is 0 Å². The molecule has 0 saturated carbocycles. The number of amides is 2. The molecule has 1 fully saturated rings. The Morgan fingerprint density at radius 2 is 2.03 bits per heavy atom. The van der Waals surface area contributed by atoms with Crippen LogP contribution >= 0.6 is 0 Å². The van der Waals surface area contributed by atoms with Gasteiger partial charge in [-0.2, -0.15) is 0 Å². The molecule has 1 aliphatic heterocycles. The molecule has 0 aliphatic carbocycles. The number of carbonyl (C=O) groups excluding carboxylic acids is 2. The first-order valence-electron chi connectivity index (χ1n) is 9.97. The number of rotatable bonds is 8. The monoisotopic (exact) mass is 425 g/mol. The normalized spacial score (nSPS) is 17.3. The molecule has 1 atom stereocenters. The van der Waals surface area contributed by atoms with E-state index in [0.717, 1.165) is 19.3 Å². The van der Waals surface area contributed by atoms with Crippen LogP contribution in [0.5, 0.6) is 5.75 Å². The van der Waals surface area contributed by atoms with Crippen LogP contribution in [0.15, 0.2) is 23.1 Å². The second-order valence-corrected chi connectivity index (χ2v) is 9.23. The van der Waals surface area contributed by atoms with Crippen LogP contribution in [-0.4, -0.2) is 57.4 Å². The highest BCUT2D eigenvalue weighted by molar-refractivity contribution is 7.89. The summed E-state index contributed by atoms with van der Waals surface area (Å²) in [6.07, 6.45) is 2.83. The van der Waals surface area contributed by atoms with Crippen molar-refractivity contribution < 1.29 is 22.7 Å². The molecule has 0 bridgehead atoms. The van der Waals surface area contributed by atoms with E-state index in [1.54, 1.807) is 24.8 Å². The lowest BCUT2D eigenvalue weighted by molar-refractivity contribution is -0.122. The molecule has 1 unspecified atom stereocenters. The third kappa shape index (κ3) is 6.17. The molecule has 0 aromatic heterocycles. The van der Waals surface area contributed by atoms with Crippen molar-refractivity contribution in [3.63, 3.8) is 0 Å². The molecule has 162 valence electrons. The number of nitrogens with one attached hydrogen (secondary N) is 2. The number of methoxy groups -OCH3 is 1. The lowest BCUT2D eigenvalue weighted by Crippen LogP contribution is -2.49. The average Bonchev–Trinajstić information content (AvgIpc) is 2.66. The molecule has 9 heteroatoms. The van der Waals surface area contributed by atoms with Gasteiger partial charge in [0.15, 0.2) is 0 Å². The van der Waals surface area contributed by atoms with Gasteiger partial charge in [-0.05, 0) is 51.3 Å². The van der Waals surface area contributed by atoms with Crippen LogP contribution in [0, 0.1) is 0 Å². The second-order valence-electron chi connectivity index (χ2n) is 7.55. The Kier molecular flexibility index (Phi) is 8.04. The van der Waals surface area contributed by atoms with Crippen LogP contribution in [0.4, 0.5) is 0 Å². The van der Waals surface area contributed by atoms with Crippen LogP contribution < -0.4 is 14.8 Å². The standard InChI is InChI=1S/C20H31N3O5S/c1-5-7-19(24)21-16-8-6-11-23(13-16)20(25)15-9-10-17(28-4)18(12-15)29(26,27)22-14(2)3/h9-10,12,14,16,22H,5-8,11,13H2,1-4H3,(H,21,24). The Hall–Kier alpha value is -2.13. The number of hydrogen-bond acceptors (Lipinski definition) is 5. The first kappa shape index (κ1) is 23.2. The fraction of sp³-hybridized carbons (Fsp3) is 0.600. The minimum atomic E-state index is -3.82. The summed E-state index contributed by atoms with van der Waals surface area (Å²) in [6.45, 7) is 6.36. The minimum Gasteiger partial charge on any atom is -0.495 e. The zero-order chi connectivity index (χ0) is 21.6. The number of hydrogen-bond donors (Lipinski definition) is 2. The highest BCUT2D eigenvalue weighted by Gasteiger charge is 2.28. The topological polar surface area (TPSA) is 105 Å². The first-order valence-corrected chi connectivity index (χ1v) is 11.4. The van der Waals surface area contributed by atoms with Crippen molar-refractivity contribution in [1.82, 2.24) is 14.9 Å². The lowest BCUT2D eigenvalue weighted by Gasteiger charge is -2.33. The van der Waals surface area contributed by atoms with E-state index in [9.17, 15) is 18.0 Å². The Morgan fingerprint density at radius 3 is 2.66 bits per heavy atom. The maximum absolute atomic E-state index is 13.0. The zero-order valence-electron chi connectivity index (χ0n) is 17.5. The largest absolute Gasteiger partial charge is 0.495 e. The number of carbonyl (C=O) groups is 2. The van der Waals surface area contributed by atoms with Crippen molar-refractivity contribution in [2.24, 2.45) is 0 Å². The molecule has 1 saturated heterocycles. The Balaban J connectivity index is 2.22. The molecule has 29 heavy (non-hydrogen) atoms. The van der Waals surface area contributed by atoms with Gasteiger partial charge in [0.05, 0.1) is 7.11 Å². The van der Waals surface area contributed by atoms with Gasteiger partial charge in [0, 0.05) is 37.2 Å². The summed E-state index contributed by atoms with van der Waals surface area (Å²) in [6, 6.07) is 4.03. The van der Waals surface area contributed by atoms with Gasteiger partial charge >= 0.3 is 0 Å². The quantitative estimate of drug-likeness (QED) is 0.662. The van der Waals surface area contributed by atoms with E-state index >= 15 is 0 Å². The smallest absolute Gasteiger partial charge is 0.253 e. The summed E-state index contributed by atoms with van der Waals surface area (Å²) >= 11 is 0. The van der Waals surface area contributed by atoms with Gasteiger partial charge in [-0.3, -0.25) is 9.59 Å². The molecule has 8 nitrogen and oxygen atoms in total. The van der Waals surface area contributed by atoms with E-state index in [2.05, 4.69) is 10.0 Å². The Labute approximate surface area is 173 Å². The van der Waals surface area contributed by atoms with Gasteiger partial charge in [-0.25, -0.2) is 13.1 Å². The zero-order valence-corrected chi connectivity index (χ0v) is 18.3. The van der Waals surface area contributed by atoms with E-state index in [1.807, 2.05) is 6.92 Å². The molecule has 1 heterocycles. The minimum absolute atomic E-state index is 0.00983. The van der Waals surface area contributed by atoms with Crippen molar-refractivity contribution >= 4 is 21.8 Å². The fourth-order valence-corrected chi connectivity index (χ4v) is 4.83. The Morgan fingerprint density at radius 1 is 1.31 bits per heavy atom. The van der Waals surface area contributed by atoms with E-state index in [1.165, 1.54) is 19.2 Å². The molecule has 2 amide bonds. The third-order valence-corrected chi connectivity index (χ3v) is 6.32. The Bertz CT molecular complexity index is 839. The van der Waals surface area contributed by atoms with Gasteiger partial charge in [-0.15, -0.1) is 0 Å². The molecule has 0 spiro atoms.